The van der Waals surface area contributed by atoms with E-state index in [0.717, 1.165) is 6.07 Å². The highest BCUT2D eigenvalue weighted by Crippen LogP contribution is 2.28. The molecule has 140 valence electrons. The van der Waals surface area contributed by atoms with E-state index in [-0.39, 0.29) is 26.5 Å². The molecule has 8 nitrogen and oxygen atoms in total. The van der Waals surface area contributed by atoms with Gasteiger partial charge in [0.1, 0.15) is 4.90 Å². The summed E-state index contributed by atoms with van der Waals surface area (Å²) in [6.07, 6.45) is 0. The Morgan fingerprint density at radius 3 is 2.38 bits per heavy atom. The van der Waals surface area contributed by atoms with Gasteiger partial charge in [0, 0.05) is 24.7 Å². The Morgan fingerprint density at radius 1 is 1.19 bits per heavy atom. The molecule has 0 spiro atoms. The van der Waals surface area contributed by atoms with Crippen molar-refractivity contribution in [3.63, 3.8) is 0 Å². The molecule has 11 heteroatoms. The summed E-state index contributed by atoms with van der Waals surface area (Å²) >= 11 is 11.6. The third kappa shape index (κ3) is 4.35. The molecule has 0 saturated carbocycles. The van der Waals surface area contributed by atoms with Crippen LogP contribution in [0.2, 0.25) is 10.2 Å². The molecule has 2 rings (SSSR count). The number of halogens is 2. The number of nitrogens with one attached hydrogen (secondary N) is 1. The van der Waals surface area contributed by atoms with Crippen molar-refractivity contribution in [1.29, 1.82) is 0 Å². The number of carbonyl (C=O) groups excluding carboxylic acids is 1. The van der Waals surface area contributed by atoms with Crippen molar-refractivity contribution in [2.75, 3.05) is 17.8 Å². The zero-order valence-electron chi connectivity index (χ0n) is 13.9. The van der Waals surface area contributed by atoms with Crippen molar-refractivity contribution >= 4 is 45.0 Å². The number of aromatic hydroxyl groups is 1. The van der Waals surface area contributed by atoms with Crippen LogP contribution in [0, 0.1) is 0 Å². The van der Waals surface area contributed by atoms with Gasteiger partial charge in [0.15, 0.2) is 10.9 Å². The van der Waals surface area contributed by atoms with Crippen LogP contribution in [0.1, 0.15) is 24.2 Å². The predicted octanol–water partition coefficient (Wildman–Crippen LogP) is 2.77. The van der Waals surface area contributed by atoms with Crippen LogP contribution >= 0.6 is 23.2 Å². The smallest absolute Gasteiger partial charge is 0.264 e. The number of benzene rings is 1. The largest absolute Gasteiger partial charge is 0.504 e. The molecule has 2 N–H and O–H groups in total. The number of aromatic nitrogens is 2. The third-order valence-corrected chi connectivity index (χ3v) is 5.50. The first kappa shape index (κ1) is 20.2. The zero-order valence-corrected chi connectivity index (χ0v) is 16.2. The Hall–Kier alpha value is -2.10. The van der Waals surface area contributed by atoms with E-state index >= 15 is 0 Å². The van der Waals surface area contributed by atoms with E-state index in [1.54, 1.807) is 4.90 Å². The normalized spacial score (nSPS) is 11.2. The van der Waals surface area contributed by atoms with Crippen molar-refractivity contribution in [3.05, 3.63) is 40.0 Å². The minimum Gasteiger partial charge on any atom is -0.504 e. The lowest BCUT2D eigenvalue weighted by molar-refractivity contribution is 0.0773. The Kier molecular flexibility index (Phi) is 6.27. The first-order valence-corrected chi connectivity index (χ1v) is 9.77. The van der Waals surface area contributed by atoms with E-state index < -0.39 is 21.6 Å². The van der Waals surface area contributed by atoms with Crippen molar-refractivity contribution in [2.24, 2.45) is 0 Å². The maximum Gasteiger partial charge on any atom is 0.264 e. The van der Waals surface area contributed by atoms with Gasteiger partial charge in [-0.05, 0) is 32.0 Å². The van der Waals surface area contributed by atoms with Crippen LogP contribution in [-0.2, 0) is 10.0 Å². The number of hydrogen-bond donors (Lipinski definition) is 2. The number of nitrogens with zero attached hydrogens (tertiary/aromatic N) is 3. The third-order valence-electron chi connectivity index (χ3n) is 3.49. The Bertz CT molecular complexity index is 933. The van der Waals surface area contributed by atoms with Gasteiger partial charge < -0.3 is 10.0 Å². The molecular formula is C15H16Cl2N4O4S. The van der Waals surface area contributed by atoms with Crippen LogP contribution in [0.3, 0.4) is 0 Å². The number of anilines is 1. The maximum absolute atomic E-state index is 12.5. The summed E-state index contributed by atoms with van der Waals surface area (Å²) in [6, 6.07) is 4.90. The number of amides is 1. The van der Waals surface area contributed by atoms with Gasteiger partial charge >= 0.3 is 0 Å². The quantitative estimate of drug-likeness (QED) is 0.745. The second-order valence-corrected chi connectivity index (χ2v) is 7.57. The van der Waals surface area contributed by atoms with Gasteiger partial charge in [-0.15, -0.1) is 10.2 Å². The molecule has 1 aromatic heterocycles. The fourth-order valence-corrected chi connectivity index (χ4v) is 3.86. The molecule has 2 aromatic rings. The fraction of sp³-hybridized carbons (Fsp3) is 0.267. The highest BCUT2D eigenvalue weighted by atomic mass is 35.5. The van der Waals surface area contributed by atoms with Gasteiger partial charge in [-0.1, -0.05) is 23.2 Å². The topological polar surface area (TPSA) is 112 Å². The fourth-order valence-electron chi connectivity index (χ4n) is 2.16. The lowest BCUT2D eigenvalue weighted by Gasteiger charge is -2.19. The summed E-state index contributed by atoms with van der Waals surface area (Å²) in [5.74, 6) is -1.14. The molecule has 0 fully saturated rings. The highest BCUT2D eigenvalue weighted by molar-refractivity contribution is 7.92. The van der Waals surface area contributed by atoms with Gasteiger partial charge in [0.2, 0.25) is 5.82 Å². The Balaban J connectivity index is 2.34. The summed E-state index contributed by atoms with van der Waals surface area (Å²) < 4.78 is 27.0. The lowest BCUT2D eigenvalue weighted by atomic mass is 10.2. The second-order valence-electron chi connectivity index (χ2n) is 5.13. The molecule has 0 radical (unpaired) electrons. The van der Waals surface area contributed by atoms with Crippen molar-refractivity contribution < 1.29 is 18.3 Å². The van der Waals surface area contributed by atoms with Crippen LogP contribution in [0.5, 0.6) is 5.75 Å². The summed E-state index contributed by atoms with van der Waals surface area (Å²) in [4.78, 5) is 13.6. The average Bonchev–Trinajstić information content (AvgIpc) is 2.58. The van der Waals surface area contributed by atoms with Crippen LogP contribution in [-0.4, -0.2) is 47.6 Å². The molecule has 0 aliphatic rings. The lowest BCUT2D eigenvalue weighted by Crippen LogP contribution is -2.30. The summed E-state index contributed by atoms with van der Waals surface area (Å²) in [7, 11) is -4.17. The van der Waals surface area contributed by atoms with Crippen LogP contribution in [0.25, 0.3) is 0 Å². The first-order valence-electron chi connectivity index (χ1n) is 7.53. The van der Waals surface area contributed by atoms with Crippen molar-refractivity contribution in [2.45, 2.75) is 18.7 Å². The molecule has 26 heavy (non-hydrogen) atoms. The SMILES string of the molecule is CCN(CC)C(=O)c1ccc(S(=O)(=O)Nc2nnc(Cl)cc2O)c(Cl)c1. The molecule has 0 bridgehead atoms. The van der Waals surface area contributed by atoms with Gasteiger partial charge in [0.25, 0.3) is 15.9 Å². The molecule has 0 atom stereocenters. The molecule has 0 aliphatic heterocycles. The second kappa shape index (κ2) is 8.07. The van der Waals surface area contributed by atoms with E-state index in [4.69, 9.17) is 23.2 Å². The molecule has 1 heterocycles. The van der Waals surface area contributed by atoms with E-state index in [0.29, 0.717) is 13.1 Å². The molecule has 1 aromatic carbocycles. The van der Waals surface area contributed by atoms with E-state index in [9.17, 15) is 18.3 Å². The minimum absolute atomic E-state index is 0.0947. The van der Waals surface area contributed by atoms with Gasteiger partial charge in [-0.3, -0.25) is 9.52 Å². The standard InChI is InChI=1S/C15H16Cl2N4O4S/c1-3-21(4-2)15(23)9-5-6-12(10(16)7-9)26(24,25)20-14-11(22)8-13(17)18-19-14/h5-8H,3-4H2,1-2H3,(H,18,22)(H,19,20). The van der Waals surface area contributed by atoms with E-state index in [1.807, 2.05) is 13.8 Å². The van der Waals surface area contributed by atoms with Crippen molar-refractivity contribution in [1.82, 2.24) is 15.1 Å². The molecule has 0 saturated heterocycles. The minimum atomic E-state index is -4.17. The molecule has 0 unspecified atom stereocenters. The zero-order chi connectivity index (χ0) is 19.5. The number of sulfonamides is 1. The number of hydrogen-bond acceptors (Lipinski definition) is 6. The number of rotatable bonds is 6. The summed E-state index contributed by atoms with van der Waals surface area (Å²) in [6.45, 7) is 4.71. The summed E-state index contributed by atoms with van der Waals surface area (Å²) in [5, 5.41) is 16.4. The monoisotopic (exact) mass is 418 g/mol. The van der Waals surface area contributed by atoms with Crippen molar-refractivity contribution in [3.8, 4) is 5.75 Å². The van der Waals surface area contributed by atoms with E-state index in [1.165, 1.54) is 18.2 Å². The molecule has 1 amide bonds. The number of carbonyl (C=O) groups is 1. The van der Waals surface area contributed by atoms with Gasteiger partial charge in [0.05, 0.1) is 5.02 Å². The van der Waals surface area contributed by atoms with Gasteiger partial charge in [-0.2, -0.15) is 0 Å². The van der Waals surface area contributed by atoms with Crippen LogP contribution < -0.4 is 4.72 Å². The average molecular weight is 419 g/mol. The Morgan fingerprint density at radius 2 is 1.85 bits per heavy atom. The maximum atomic E-state index is 12.5. The first-order chi connectivity index (χ1) is 12.2. The van der Waals surface area contributed by atoms with Crippen LogP contribution in [0.4, 0.5) is 5.82 Å². The summed E-state index contributed by atoms with van der Waals surface area (Å²) in [5.41, 5.74) is 0.270. The highest BCUT2D eigenvalue weighted by Gasteiger charge is 2.23. The predicted molar refractivity (Wildman–Crippen MR) is 98.2 cm³/mol. The Labute approximate surface area is 160 Å². The molecular weight excluding hydrogens is 403 g/mol. The van der Waals surface area contributed by atoms with E-state index in [2.05, 4.69) is 14.9 Å². The molecule has 0 aliphatic carbocycles. The van der Waals surface area contributed by atoms with Crippen LogP contribution in [0.15, 0.2) is 29.2 Å². The van der Waals surface area contributed by atoms with Gasteiger partial charge in [-0.25, -0.2) is 8.42 Å².